The van der Waals surface area contributed by atoms with Crippen LogP contribution in [0.15, 0.2) is 66.5 Å². The topological polar surface area (TPSA) is 36.5 Å². The van der Waals surface area contributed by atoms with E-state index in [1.165, 1.54) is 11.3 Å². The molecular formula is C18H21N3O. The van der Waals surface area contributed by atoms with Crippen LogP contribution >= 0.6 is 0 Å². The van der Waals surface area contributed by atoms with Gasteiger partial charge in [0.2, 0.25) is 0 Å². The first-order chi connectivity index (χ1) is 10.8. The van der Waals surface area contributed by atoms with Crippen molar-refractivity contribution in [2.24, 2.45) is 0 Å². The molecule has 0 spiro atoms. The summed E-state index contributed by atoms with van der Waals surface area (Å²) in [5.74, 6) is 0.889. The normalized spacial score (nSPS) is 13.0. The Balaban J connectivity index is 1.61. The Bertz CT molecular complexity index is 640. The first-order valence-corrected chi connectivity index (χ1v) is 7.45. The Hall–Kier alpha value is -2.62. The number of rotatable bonds is 6. The van der Waals surface area contributed by atoms with Gasteiger partial charge < -0.3 is 20.3 Å². The quantitative estimate of drug-likeness (QED) is 0.859. The molecule has 1 heterocycles. The molecule has 2 N–H and O–H groups in total. The van der Waals surface area contributed by atoms with E-state index in [1.54, 1.807) is 0 Å². The Morgan fingerprint density at radius 3 is 2.73 bits per heavy atom. The summed E-state index contributed by atoms with van der Waals surface area (Å²) in [6, 6.07) is 18.4. The molecule has 2 aromatic rings. The molecule has 0 radical (unpaired) electrons. The summed E-state index contributed by atoms with van der Waals surface area (Å²) in [6.45, 7) is 2.24. The molecule has 0 bridgehead atoms. The lowest BCUT2D eigenvalue weighted by molar-refractivity contribution is 0.306. The van der Waals surface area contributed by atoms with Gasteiger partial charge in [0.15, 0.2) is 0 Å². The second kappa shape index (κ2) is 6.89. The number of ether oxygens (including phenoxy) is 1. The lowest BCUT2D eigenvalue weighted by atomic mass is 10.2. The van der Waals surface area contributed by atoms with E-state index >= 15 is 0 Å². The van der Waals surface area contributed by atoms with Crippen molar-refractivity contribution in [1.29, 1.82) is 0 Å². The molecule has 0 atom stereocenters. The molecule has 2 aromatic carbocycles. The second-order valence-electron chi connectivity index (χ2n) is 5.35. The first kappa shape index (κ1) is 14.3. The Morgan fingerprint density at radius 1 is 1.09 bits per heavy atom. The van der Waals surface area contributed by atoms with Gasteiger partial charge in [0.1, 0.15) is 12.4 Å². The summed E-state index contributed by atoms with van der Waals surface area (Å²) in [5.41, 5.74) is 3.51. The van der Waals surface area contributed by atoms with Crippen molar-refractivity contribution in [2.75, 3.05) is 25.2 Å². The smallest absolute Gasteiger partial charge is 0.121 e. The number of benzene rings is 2. The standard InChI is InChI=1S/C18H21N3O/c1-21(12-16-11-19-14-20-16)17-8-5-9-18(10-17)22-13-15-6-3-2-4-7-15/h2-11,19-20H,12-14H2,1H3. The van der Waals surface area contributed by atoms with Gasteiger partial charge in [-0.25, -0.2) is 0 Å². The third-order valence-corrected chi connectivity index (χ3v) is 3.61. The summed E-state index contributed by atoms with van der Waals surface area (Å²) in [4.78, 5) is 2.20. The van der Waals surface area contributed by atoms with Crippen LogP contribution in [0.25, 0.3) is 0 Å². The van der Waals surface area contributed by atoms with Crippen LogP contribution in [0, 0.1) is 0 Å². The van der Waals surface area contributed by atoms with Crippen molar-refractivity contribution in [1.82, 2.24) is 10.6 Å². The molecule has 3 rings (SSSR count). The van der Waals surface area contributed by atoms with Gasteiger partial charge in [0.05, 0.1) is 13.2 Å². The van der Waals surface area contributed by atoms with Gasteiger partial charge in [0, 0.05) is 30.7 Å². The number of hydrogen-bond acceptors (Lipinski definition) is 4. The number of nitrogens with zero attached hydrogens (tertiary/aromatic N) is 1. The van der Waals surface area contributed by atoms with E-state index in [1.807, 2.05) is 36.5 Å². The SMILES string of the molecule is CN(CC1=CNCN1)c1cccc(OCc2ccccc2)c1. The molecule has 22 heavy (non-hydrogen) atoms. The van der Waals surface area contributed by atoms with Gasteiger partial charge in [-0.1, -0.05) is 36.4 Å². The third kappa shape index (κ3) is 3.73. The van der Waals surface area contributed by atoms with Gasteiger partial charge >= 0.3 is 0 Å². The van der Waals surface area contributed by atoms with Crippen molar-refractivity contribution >= 4 is 5.69 Å². The maximum Gasteiger partial charge on any atom is 0.121 e. The molecule has 0 amide bonds. The van der Waals surface area contributed by atoms with E-state index in [2.05, 4.69) is 46.8 Å². The number of anilines is 1. The summed E-state index contributed by atoms with van der Waals surface area (Å²) in [5, 5.41) is 6.45. The third-order valence-electron chi connectivity index (χ3n) is 3.61. The van der Waals surface area contributed by atoms with Crippen molar-refractivity contribution < 1.29 is 4.74 Å². The average Bonchev–Trinajstić information content (AvgIpc) is 3.07. The summed E-state index contributed by atoms with van der Waals surface area (Å²) in [7, 11) is 2.08. The van der Waals surface area contributed by atoms with Crippen LogP contribution in [0.5, 0.6) is 5.75 Å². The molecule has 0 unspecified atom stereocenters. The zero-order valence-corrected chi connectivity index (χ0v) is 12.8. The zero-order chi connectivity index (χ0) is 15.2. The monoisotopic (exact) mass is 295 g/mol. The summed E-state index contributed by atoms with van der Waals surface area (Å²) >= 11 is 0. The van der Waals surface area contributed by atoms with Gasteiger partial charge in [-0.3, -0.25) is 0 Å². The van der Waals surface area contributed by atoms with Crippen LogP contribution in [0.1, 0.15) is 5.56 Å². The molecular weight excluding hydrogens is 274 g/mol. The second-order valence-corrected chi connectivity index (χ2v) is 5.35. The maximum atomic E-state index is 5.88. The molecule has 114 valence electrons. The van der Waals surface area contributed by atoms with Gasteiger partial charge in [-0.2, -0.15) is 0 Å². The maximum absolute atomic E-state index is 5.88. The zero-order valence-electron chi connectivity index (χ0n) is 12.8. The molecule has 1 aliphatic rings. The van der Waals surface area contributed by atoms with Crippen LogP contribution < -0.4 is 20.3 Å². The Morgan fingerprint density at radius 2 is 1.95 bits per heavy atom. The predicted molar refractivity (Wildman–Crippen MR) is 89.7 cm³/mol. The van der Waals surface area contributed by atoms with Crippen LogP contribution in [-0.4, -0.2) is 20.3 Å². The van der Waals surface area contributed by atoms with E-state index in [4.69, 9.17) is 4.74 Å². The van der Waals surface area contributed by atoms with Gasteiger partial charge in [-0.05, 0) is 17.7 Å². The number of nitrogens with one attached hydrogen (secondary N) is 2. The lowest BCUT2D eigenvalue weighted by Gasteiger charge is -2.20. The van der Waals surface area contributed by atoms with Gasteiger partial charge in [0.25, 0.3) is 0 Å². The van der Waals surface area contributed by atoms with Crippen molar-refractivity contribution in [2.45, 2.75) is 6.61 Å². The van der Waals surface area contributed by atoms with E-state index in [-0.39, 0.29) is 0 Å². The molecule has 4 heteroatoms. The highest BCUT2D eigenvalue weighted by Crippen LogP contribution is 2.21. The highest BCUT2D eigenvalue weighted by Gasteiger charge is 2.08. The van der Waals surface area contributed by atoms with Crippen LogP contribution in [-0.2, 0) is 6.61 Å². The highest BCUT2D eigenvalue weighted by molar-refractivity contribution is 5.51. The minimum atomic E-state index is 0.588. The molecule has 0 saturated heterocycles. The van der Waals surface area contributed by atoms with Gasteiger partial charge in [-0.15, -0.1) is 0 Å². The molecule has 1 aliphatic heterocycles. The van der Waals surface area contributed by atoms with Crippen LogP contribution in [0.2, 0.25) is 0 Å². The Labute approximate surface area is 131 Å². The molecule has 0 aromatic heterocycles. The van der Waals surface area contributed by atoms with E-state index < -0.39 is 0 Å². The summed E-state index contributed by atoms with van der Waals surface area (Å²) in [6.07, 6.45) is 2.02. The number of hydrogen-bond donors (Lipinski definition) is 2. The lowest BCUT2D eigenvalue weighted by Crippen LogP contribution is -2.25. The Kier molecular flexibility index (Phi) is 4.49. The van der Waals surface area contributed by atoms with Crippen LogP contribution in [0.3, 0.4) is 0 Å². The minimum absolute atomic E-state index is 0.588. The molecule has 0 aliphatic carbocycles. The van der Waals surface area contributed by atoms with E-state index in [0.717, 1.165) is 24.7 Å². The fraction of sp³-hybridized carbons (Fsp3) is 0.222. The highest BCUT2D eigenvalue weighted by atomic mass is 16.5. The number of likely N-dealkylation sites (N-methyl/N-ethyl adjacent to an activating group) is 1. The first-order valence-electron chi connectivity index (χ1n) is 7.45. The van der Waals surface area contributed by atoms with Crippen LogP contribution in [0.4, 0.5) is 5.69 Å². The largest absolute Gasteiger partial charge is 0.489 e. The fourth-order valence-corrected chi connectivity index (χ4v) is 2.39. The van der Waals surface area contributed by atoms with Crippen molar-refractivity contribution in [3.63, 3.8) is 0 Å². The van der Waals surface area contributed by atoms with Crippen molar-refractivity contribution in [3.05, 3.63) is 72.1 Å². The van der Waals surface area contributed by atoms with E-state index in [0.29, 0.717) is 6.61 Å². The molecule has 0 saturated carbocycles. The minimum Gasteiger partial charge on any atom is -0.489 e. The molecule has 4 nitrogen and oxygen atoms in total. The fourth-order valence-electron chi connectivity index (χ4n) is 2.39. The summed E-state index contributed by atoms with van der Waals surface area (Å²) < 4.78 is 5.88. The predicted octanol–water partition coefficient (Wildman–Crippen LogP) is 2.69. The average molecular weight is 295 g/mol. The van der Waals surface area contributed by atoms with Crippen molar-refractivity contribution in [3.8, 4) is 5.75 Å². The van der Waals surface area contributed by atoms with E-state index in [9.17, 15) is 0 Å². The molecule has 0 fully saturated rings.